The Bertz CT molecular complexity index is 382. The molecule has 1 aliphatic rings. The Morgan fingerprint density at radius 1 is 1.38 bits per heavy atom. The average molecular weight is 298 g/mol. The summed E-state index contributed by atoms with van der Waals surface area (Å²) < 4.78 is 0. The number of amides is 1. The molecule has 0 saturated heterocycles. The lowest BCUT2D eigenvalue weighted by Gasteiger charge is -2.46. The largest absolute Gasteiger partial charge is 0.481 e. The highest BCUT2D eigenvalue weighted by Crippen LogP contribution is 2.44. The maximum atomic E-state index is 12.5. The van der Waals surface area contributed by atoms with Crippen LogP contribution in [0.4, 0.5) is 0 Å². The summed E-state index contributed by atoms with van der Waals surface area (Å²) in [6.07, 6.45) is 2.53. The number of hydrogen-bond donors (Lipinski definition) is 3. The van der Waals surface area contributed by atoms with Gasteiger partial charge in [0, 0.05) is 24.9 Å². The second-order valence-electron chi connectivity index (χ2n) is 7.02. The third kappa shape index (κ3) is 4.43. The van der Waals surface area contributed by atoms with Crippen LogP contribution in [-0.2, 0) is 9.59 Å². The van der Waals surface area contributed by atoms with Crippen LogP contribution in [0.3, 0.4) is 0 Å². The maximum Gasteiger partial charge on any atom is 0.303 e. The lowest BCUT2D eigenvalue weighted by atomic mass is 9.61. The van der Waals surface area contributed by atoms with E-state index in [1.54, 1.807) is 0 Å². The third-order valence-corrected chi connectivity index (χ3v) is 5.42. The summed E-state index contributed by atoms with van der Waals surface area (Å²) in [5.41, 5.74) is 5.99. The van der Waals surface area contributed by atoms with Gasteiger partial charge in [0.25, 0.3) is 0 Å². The second kappa shape index (κ2) is 7.25. The number of aliphatic carboxylic acids is 1. The smallest absolute Gasteiger partial charge is 0.303 e. The predicted molar refractivity (Wildman–Crippen MR) is 82.7 cm³/mol. The fourth-order valence-electron chi connectivity index (χ4n) is 3.30. The summed E-state index contributed by atoms with van der Waals surface area (Å²) in [7, 11) is 0. The van der Waals surface area contributed by atoms with E-state index in [1.165, 1.54) is 0 Å². The number of carboxylic acid groups (broad SMARTS) is 1. The molecule has 1 fully saturated rings. The molecule has 1 rings (SSSR count). The minimum Gasteiger partial charge on any atom is -0.481 e. The second-order valence-corrected chi connectivity index (χ2v) is 7.02. The standard InChI is InChI=1S/C16H30N2O3/c1-5-11(8-14(19)20)9-18-15(21)12-6-7-13(17)10(2)16(12,3)4/h10-13H,5-9,17H2,1-4H3,(H,18,21)(H,19,20). The molecule has 0 spiro atoms. The van der Waals surface area contributed by atoms with Crippen LogP contribution >= 0.6 is 0 Å². The molecule has 1 saturated carbocycles. The first-order chi connectivity index (χ1) is 9.70. The van der Waals surface area contributed by atoms with Gasteiger partial charge in [-0.1, -0.05) is 34.1 Å². The van der Waals surface area contributed by atoms with Crippen LogP contribution in [0.25, 0.3) is 0 Å². The molecule has 5 heteroatoms. The minimum absolute atomic E-state index is 0.00201. The zero-order valence-electron chi connectivity index (χ0n) is 13.7. The number of hydrogen-bond acceptors (Lipinski definition) is 3. The molecule has 122 valence electrons. The van der Waals surface area contributed by atoms with E-state index < -0.39 is 5.97 Å². The predicted octanol–water partition coefficient (Wildman–Crippen LogP) is 2.00. The monoisotopic (exact) mass is 298 g/mol. The van der Waals surface area contributed by atoms with Crippen molar-refractivity contribution >= 4 is 11.9 Å². The van der Waals surface area contributed by atoms with Crippen molar-refractivity contribution in [2.24, 2.45) is 28.9 Å². The topological polar surface area (TPSA) is 92.4 Å². The number of nitrogens with two attached hydrogens (primary N) is 1. The van der Waals surface area contributed by atoms with Gasteiger partial charge in [-0.25, -0.2) is 0 Å². The molecule has 0 aliphatic heterocycles. The lowest BCUT2D eigenvalue weighted by Crippen LogP contribution is -2.52. The van der Waals surface area contributed by atoms with E-state index in [-0.39, 0.29) is 35.6 Å². The van der Waals surface area contributed by atoms with Crippen molar-refractivity contribution < 1.29 is 14.7 Å². The molecule has 0 aromatic heterocycles. The molecule has 4 atom stereocenters. The quantitative estimate of drug-likeness (QED) is 0.699. The van der Waals surface area contributed by atoms with Gasteiger partial charge < -0.3 is 16.2 Å². The number of rotatable bonds is 6. The molecule has 1 amide bonds. The van der Waals surface area contributed by atoms with Crippen LogP contribution in [0.1, 0.15) is 53.4 Å². The first kappa shape index (κ1) is 18.0. The van der Waals surface area contributed by atoms with Crippen LogP contribution in [0.5, 0.6) is 0 Å². The van der Waals surface area contributed by atoms with E-state index in [1.807, 2.05) is 6.92 Å². The number of carboxylic acids is 1. The molecule has 0 radical (unpaired) electrons. The number of nitrogens with one attached hydrogen (secondary N) is 1. The molecule has 0 aromatic rings. The Labute approximate surface area is 127 Å². The number of carbonyl (C=O) groups excluding carboxylic acids is 1. The van der Waals surface area contributed by atoms with Crippen molar-refractivity contribution in [3.8, 4) is 0 Å². The maximum absolute atomic E-state index is 12.5. The highest BCUT2D eigenvalue weighted by molar-refractivity contribution is 5.79. The fraction of sp³-hybridized carbons (Fsp3) is 0.875. The van der Waals surface area contributed by atoms with E-state index in [0.29, 0.717) is 12.5 Å². The molecule has 0 bridgehead atoms. The van der Waals surface area contributed by atoms with Crippen LogP contribution in [0.2, 0.25) is 0 Å². The van der Waals surface area contributed by atoms with Crippen molar-refractivity contribution in [2.75, 3.05) is 6.54 Å². The van der Waals surface area contributed by atoms with Gasteiger partial charge in [-0.15, -0.1) is 0 Å². The number of carbonyl (C=O) groups is 2. The van der Waals surface area contributed by atoms with Crippen molar-refractivity contribution in [2.45, 2.75) is 59.4 Å². The highest BCUT2D eigenvalue weighted by Gasteiger charge is 2.44. The summed E-state index contributed by atoms with van der Waals surface area (Å²) in [6, 6.07) is 0.152. The summed E-state index contributed by atoms with van der Waals surface area (Å²) in [6.45, 7) is 8.72. The van der Waals surface area contributed by atoms with Gasteiger partial charge in [0.1, 0.15) is 0 Å². The molecule has 4 N–H and O–H groups in total. The van der Waals surface area contributed by atoms with E-state index >= 15 is 0 Å². The first-order valence-electron chi connectivity index (χ1n) is 7.95. The highest BCUT2D eigenvalue weighted by atomic mass is 16.4. The van der Waals surface area contributed by atoms with Crippen LogP contribution in [-0.4, -0.2) is 29.6 Å². The van der Waals surface area contributed by atoms with Gasteiger partial charge in [-0.3, -0.25) is 9.59 Å². The SMILES string of the molecule is CCC(CNC(=O)C1CCC(N)C(C)C1(C)C)CC(=O)O. The minimum atomic E-state index is -0.811. The molecule has 0 heterocycles. The van der Waals surface area contributed by atoms with Gasteiger partial charge in [0.2, 0.25) is 5.91 Å². The lowest BCUT2D eigenvalue weighted by molar-refractivity contribution is -0.139. The molecule has 4 unspecified atom stereocenters. The van der Waals surface area contributed by atoms with Gasteiger partial charge in [-0.05, 0) is 30.1 Å². The van der Waals surface area contributed by atoms with Crippen molar-refractivity contribution in [3.05, 3.63) is 0 Å². The average Bonchev–Trinajstić information content (AvgIpc) is 2.40. The van der Waals surface area contributed by atoms with Crippen LogP contribution in [0, 0.1) is 23.2 Å². The zero-order chi connectivity index (χ0) is 16.2. The molecule has 5 nitrogen and oxygen atoms in total. The molecule has 21 heavy (non-hydrogen) atoms. The Balaban J connectivity index is 2.60. The molecule has 1 aliphatic carbocycles. The van der Waals surface area contributed by atoms with Gasteiger partial charge in [0.15, 0.2) is 0 Å². The third-order valence-electron chi connectivity index (χ3n) is 5.42. The molecular formula is C16H30N2O3. The zero-order valence-corrected chi connectivity index (χ0v) is 13.7. The van der Waals surface area contributed by atoms with Crippen molar-refractivity contribution in [1.29, 1.82) is 0 Å². The van der Waals surface area contributed by atoms with Gasteiger partial charge in [0.05, 0.1) is 0 Å². The summed E-state index contributed by atoms with van der Waals surface area (Å²) in [5, 5.41) is 11.8. The Morgan fingerprint density at radius 3 is 2.52 bits per heavy atom. The summed E-state index contributed by atoms with van der Waals surface area (Å²) in [4.78, 5) is 23.2. The van der Waals surface area contributed by atoms with E-state index in [0.717, 1.165) is 19.3 Å². The van der Waals surface area contributed by atoms with Gasteiger partial charge >= 0.3 is 5.97 Å². The van der Waals surface area contributed by atoms with Crippen molar-refractivity contribution in [3.63, 3.8) is 0 Å². The van der Waals surface area contributed by atoms with Crippen molar-refractivity contribution in [1.82, 2.24) is 5.32 Å². The summed E-state index contributed by atoms with van der Waals surface area (Å²) >= 11 is 0. The van der Waals surface area contributed by atoms with Crippen LogP contribution in [0.15, 0.2) is 0 Å². The van der Waals surface area contributed by atoms with Gasteiger partial charge in [-0.2, -0.15) is 0 Å². The Morgan fingerprint density at radius 2 is 2.00 bits per heavy atom. The van der Waals surface area contributed by atoms with E-state index in [9.17, 15) is 9.59 Å². The van der Waals surface area contributed by atoms with E-state index in [2.05, 4.69) is 26.1 Å². The Kier molecular flexibility index (Phi) is 6.20. The Hall–Kier alpha value is -1.10. The van der Waals surface area contributed by atoms with Crippen LogP contribution < -0.4 is 11.1 Å². The van der Waals surface area contributed by atoms with E-state index in [4.69, 9.17) is 10.8 Å². The first-order valence-corrected chi connectivity index (χ1v) is 7.95. The molecule has 0 aromatic carbocycles. The summed E-state index contributed by atoms with van der Waals surface area (Å²) in [5.74, 6) is -0.522. The fourth-order valence-corrected chi connectivity index (χ4v) is 3.30. The normalized spacial score (nSPS) is 29.7. The molecular weight excluding hydrogens is 268 g/mol.